The van der Waals surface area contributed by atoms with E-state index in [1.165, 1.54) is 18.0 Å². The van der Waals surface area contributed by atoms with Gasteiger partial charge in [0.1, 0.15) is 5.39 Å². The molecule has 0 bridgehead atoms. The summed E-state index contributed by atoms with van der Waals surface area (Å²) in [5, 5.41) is 3.33. The Morgan fingerprint density at radius 3 is 2.54 bits per heavy atom. The fourth-order valence-electron chi connectivity index (χ4n) is 3.76. The number of fused-ring (bicyclic) bond motifs is 1. The van der Waals surface area contributed by atoms with Gasteiger partial charge in [-0.15, -0.1) is 0 Å². The van der Waals surface area contributed by atoms with Gasteiger partial charge in [0.15, 0.2) is 5.65 Å². The molecule has 2 aromatic heterocycles. The van der Waals surface area contributed by atoms with Gasteiger partial charge in [-0.05, 0) is 24.8 Å². The number of carbonyl (C=O) groups excluding carboxylic acids is 1. The molecule has 7 nitrogen and oxygen atoms in total. The zero-order valence-electron chi connectivity index (χ0n) is 15.7. The molecule has 3 rings (SSSR count). The highest BCUT2D eigenvalue weighted by atomic mass is 16.2. The quantitative estimate of drug-likeness (QED) is 0.907. The third-order valence-corrected chi connectivity index (χ3v) is 5.29. The summed E-state index contributed by atoms with van der Waals surface area (Å²) in [7, 11) is 3.03. The first-order valence-electron chi connectivity index (χ1n) is 9.34. The molecule has 0 aliphatic heterocycles. The first-order valence-corrected chi connectivity index (χ1v) is 9.34. The minimum absolute atomic E-state index is 0.0159. The number of hydrogen-bond acceptors (Lipinski definition) is 4. The van der Waals surface area contributed by atoms with E-state index in [9.17, 15) is 14.4 Å². The van der Waals surface area contributed by atoms with E-state index < -0.39 is 11.2 Å². The van der Waals surface area contributed by atoms with Crippen LogP contribution >= 0.6 is 0 Å². The number of rotatable bonds is 4. The SMILES string of the molecule is CCCc1cnc2c(c1NC(=O)C1CCCCC1)c(=O)n(C)c(=O)n2C. The van der Waals surface area contributed by atoms with Crippen molar-refractivity contribution in [3.05, 3.63) is 32.6 Å². The number of aromatic nitrogens is 3. The van der Waals surface area contributed by atoms with E-state index in [0.29, 0.717) is 23.1 Å². The fraction of sp³-hybridized carbons (Fsp3) is 0.579. The molecule has 7 heteroatoms. The third kappa shape index (κ3) is 3.18. The molecule has 2 aromatic rings. The average molecular weight is 358 g/mol. The van der Waals surface area contributed by atoms with E-state index in [1.54, 1.807) is 13.2 Å². The highest BCUT2D eigenvalue weighted by Gasteiger charge is 2.24. The second kappa shape index (κ2) is 7.43. The smallest absolute Gasteiger partial charge is 0.325 e. The topological polar surface area (TPSA) is 86.0 Å². The summed E-state index contributed by atoms with van der Waals surface area (Å²) in [4.78, 5) is 42.1. The van der Waals surface area contributed by atoms with Crippen LogP contribution in [0.1, 0.15) is 51.0 Å². The molecule has 0 radical (unpaired) electrons. The van der Waals surface area contributed by atoms with Gasteiger partial charge < -0.3 is 5.32 Å². The van der Waals surface area contributed by atoms with Gasteiger partial charge in [0.05, 0.1) is 5.69 Å². The third-order valence-electron chi connectivity index (χ3n) is 5.29. The molecule has 0 saturated heterocycles. The lowest BCUT2D eigenvalue weighted by molar-refractivity contribution is -0.120. The maximum Gasteiger partial charge on any atom is 0.332 e. The van der Waals surface area contributed by atoms with E-state index in [-0.39, 0.29) is 11.8 Å². The largest absolute Gasteiger partial charge is 0.332 e. The molecule has 1 aliphatic carbocycles. The first kappa shape index (κ1) is 18.4. The van der Waals surface area contributed by atoms with Crippen LogP contribution in [0.5, 0.6) is 0 Å². The van der Waals surface area contributed by atoms with Gasteiger partial charge in [0.25, 0.3) is 5.56 Å². The minimum Gasteiger partial charge on any atom is -0.325 e. The van der Waals surface area contributed by atoms with Crippen molar-refractivity contribution in [1.29, 1.82) is 0 Å². The molecule has 0 unspecified atom stereocenters. The summed E-state index contributed by atoms with van der Waals surface area (Å²) >= 11 is 0. The first-order chi connectivity index (χ1) is 12.5. The lowest BCUT2D eigenvalue weighted by Crippen LogP contribution is -2.38. The van der Waals surface area contributed by atoms with Crippen molar-refractivity contribution < 1.29 is 4.79 Å². The molecule has 1 fully saturated rings. The van der Waals surface area contributed by atoms with Crippen molar-refractivity contribution in [3.8, 4) is 0 Å². The molecule has 1 saturated carbocycles. The molecule has 1 N–H and O–H groups in total. The molecule has 1 amide bonds. The normalized spacial score (nSPS) is 15.3. The van der Waals surface area contributed by atoms with Crippen LogP contribution in [0.15, 0.2) is 15.8 Å². The van der Waals surface area contributed by atoms with Crippen LogP contribution < -0.4 is 16.6 Å². The van der Waals surface area contributed by atoms with Gasteiger partial charge in [-0.25, -0.2) is 9.78 Å². The summed E-state index contributed by atoms with van der Waals surface area (Å²) in [5.74, 6) is -0.0525. The molecule has 0 aromatic carbocycles. The van der Waals surface area contributed by atoms with Crippen LogP contribution in [-0.2, 0) is 25.3 Å². The van der Waals surface area contributed by atoms with Gasteiger partial charge in [-0.3, -0.25) is 18.7 Å². The van der Waals surface area contributed by atoms with Crippen LogP contribution in [0.4, 0.5) is 5.69 Å². The van der Waals surface area contributed by atoms with Crippen LogP contribution in [0.25, 0.3) is 11.0 Å². The van der Waals surface area contributed by atoms with Crippen LogP contribution in [-0.4, -0.2) is 20.0 Å². The van der Waals surface area contributed by atoms with E-state index >= 15 is 0 Å². The number of hydrogen-bond donors (Lipinski definition) is 1. The van der Waals surface area contributed by atoms with Crippen LogP contribution in [0.3, 0.4) is 0 Å². The number of nitrogens with one attached hydrogen (secondary N) is 1. The van der Waals surface area contributed by atoms with Gasteiger partial charge in [-0.2, -0.15) is 0 Å². The van der Waals surface area contributed by atoms with Gasteiger partial charge in [0, 0.05) is 26.2 Å². The lowest BCUT2D eigenvalue weighted by atomic mass is 9.88. The second-order valence-electron chi connectivity index (χ2n) is 7.14. The minimum atomic E-state index is -0.428. The zero-order chi connectivity index (χ0) is 18.8. The van der Waals surface area contributed by atoms with Crippen LogP contribution in [0.2, 0.25) is 0 Å². The Labute approximate surface area is 152 Å². The maximum absolute atomic E-state index is 12.8. The highest BCUT2D eigenvalue weighted by Crippen LogP contribution is 2.28. The number of amides is 1. The van der Waals surface area contributed by atoms with Crippen molar-refractivity contribution in [2.24, 2.45) is 20.0 Å². The van der Waals surface area contributed by atoms with Crippen molar-refractivity contribution in [2.75, 3.05) is 5.32 Å². The summed E-state index contributed by atoms with van der Waals surface area (Å²) in [6.45, 7) is 2.04. The Bertz CT molecular complexity index is 952. The van der Waals surface area contributed by atoms with Gasteiger partial charge in [-0.1, -0.05) is 32.6 Å². The number of carbonyl (C=O) groups is 1. The van der Waals surface area contributed by atoms with Crippen LogP contribution in [0, 0.1) is 5.92 Å². The Morgan fingerprint density at radius 2 is 1.88 bits per heavy atom. The van der Waals surface area contributed by atoms with Crippen molar-refractivity contribution in [1.82, 2.24) is 14.1 Å². The summed E-state index contributed by atoms with van der Waals surface area (Å²) in [6, 6.07) is 0. The second-order valence-corrected chi connectivity index (χ2v) is 7.14. The zero-order valence-corrected chi connectivity index (χ0v) is 15.7. The molecular formula is C19H26N4O3. The standard InChI is InChI=1S/C19H26N4O3/c1-4-8-13-11-20-16-14(18(25)23(3)19(26)22(16)2)15(13)21-17(24)12-9-6-5-7-10-12/h11-12H,4-10H2,1-3H3,(H,20,21,24). The van der Waals surface area contributed by atoms with Gasteiger partial charge in [0.2, 0.25) is 5.91 Å². The molecular weight excluding hydrogens is 332 g/mol. The predicted molar refractivity (Wildman–Crippen MR) is 101 cm³/mol. The number of anilines is 1. The maximum atomic E-state index is 12.8. The van der Waals surface area contributed by atoms with E-state index in [0.717, 1.165) is 42.2 Å². The van der Waals surface area contributed by atoms with E-state index in [4.69, 9.17) is 0 Å². The summed E-state index contributed by atoms with van der Waals surface area (Å²) < 4.78 is 2.42. The molecule has 2 heterocycles. The summed E-state index contributed by atoms with van der Waals surface area (Å²) in [6.07, 6.45) is 8.30. The average Bonchev–Trinajstić information content (AvgIpc) is 2.66. The van der Waals surface area contributed by atoms with E-state index in [2.05, 4.69) is 10.3 Å². The van der Waals surface area contributed by atoms with Crippen molar-refractivity contribution in [3.63, 3.8) is 0 Å². The predicted octanol–water partition coefficient (Wildman–Crippen LogP) is 2.10. The molecule has 0 spiro atoms. The molecule has 1 aliphatic rings. The Hall–Kier alpha value is -2.44. The van der Waals surface area contributed by atoms with Crippen molar-refractivity contribution in [2.45, 2.75) is 51.9 Å². The Kier molecular flexibility index (Phi) is 5.25. The monoisotopic (exact) mass is 358 g/mol. The summed E-state index contributed by atoms with van der Waals surface area (Å²) in [5.41, 5.74) is 0.802. The lowest BCUT2D eigenvalue weighted by Gasteiger charge is -2.22. The highest BCUT2D eigenvalue weighted by molar-refractivity contribution is 6.01. The number of pyridine rings is 1. The fourth-order valence-corrected chi connectivity index (χ4v) is 3.76. The van der Waals surface area contributed by atoms with Crippen molar-refractivity contribution >= 4 is 22.6 Å². The molecule has 26 heavy (non-hydrogen) atoms. The van der Waals surface area contributed by atoms with E-state index in [1.807, 2.05) is 6.92 Å². The Balaban J connectivity index is 2.17. The molecule has 0 atom stereocenters. The van der Waals surface area contributed by atoms with Gasteiger partial charge >= 0.3 is 5.69 Å². The Morgan fingerprint density at radius 1 is 1.19 bits per heavy atom. The molecule has 140 valence electrons. The number of aryl methyl sites for hydroxylation is 2. The number of nitrogens with zero attached hydrogens (tertiary/aromatic N) is 3.